The lowest BCUT2D eigenvalue weighted by molar-refractivity contribution is -0.156. The number of hydrogen-bond acceptors (Lipinski definition) is 5. The Kier molecular flexibility index (Phi) is 6.64. The average Bonchev–Trinajstić information content (AvgIpc) is 3.06. The fraction of sp³-hybridized carbons (Fsp3) is 0.842. The van der Waals surface area contributed by atoms with Gasteiger partial charge in [-0.25, -0.2) is 0 Å². The van der Waals surface area contributed by atoms with Gasteiger partial charge in [0, 0.05) is 32.4 Å². The molecule has 0 bridgehead atoms. The van der Waals surface area contributed by atoms with Gasteiger partial charge in [0.1, 0.15) is 0 Å². The molecule has 0 radical (unpaired) electrons. The van der Waals surface area contributed by atoms with Crippen LogP contribution in [-0.2, 0) is 11.3 Å². The number of rotatable bonds is 8. The zero-order chi connectivity index (χ0) is 18.4. The van der Waals surface area contributed by atoms with Crippen LogP contribution in [0.25, 0.3) is 0 Å². The van der Waals surface area contributed by atoms with Crippen molar-refractivity contribution in [2.75, 3.05) is 26.2 Å². The van der Waals surface area contributed by atoms with Crippen molar-refractivity contribution < 1.29 is 9.90 Å². The van der Waals surface area contributed by atoms with E-state index in [2.05, 4.69) is 15.6 Å². The maximum atomic E-state index is 12.8. The van der Waals surface area contributed by atoms with Crippen LogP contribution in [0.3, 0.4) is 0 Å². The minimum Gasteiger partial charge on any atom is -0.379 e. The number of likely N-dealkylation sites (tertiary alicyclic amines) is 1. The monoisotopic (exact) mass is 363 g/mol. The lowest BCUT2D eigenvalue weighted by atomic mass is 9.86. The smallest absolute Gasteiger partial charge is 0.255 e. The molecule has 1 aliphatic heterocycles. The van der Waals surface area contributed by atoms with E-state index in [-0.39, 0.29) is 5.91 Å². The lowest BCUT2D eigenvalue weighted by Gasteiger charge is -2.39. The Morgan fingerprint density at radius 1 is 1.27 bits per heavy atom. The number of carbonyl (C=O) groups is 1. The highest BCUT2D eigenvalue weighted by molar-refractivity contribution is 5.86. The number of aliphatic hydroxyl groups is 1. The van der Waals surface area contributed by atoms with Gasteiger partial charge < -0.3 is 15.3 Å². The Bertz CT molecular complexity index is 584. The Labute approximate surface area is 156 Å². The summed E-state index contributed by atoms with van der Waals surface area (Å²) >= 11 is 0. The molecule has 26 heavy (non-hydrogen) atoms. The van der Waals surface area contributed by atoms with Gasteiger partial charge in [-0.2, -0.15) is 0 Å². The van der Waals surface area contributed by atoms with Gasteiger partial charge in [0.25, 0.3) is 5.91 Å². The quantitative estimate of drug-likeness (QED) is 0.684. The van der Waals surface area contributed by atoms with E-state index in [0.29, 0.717) is 26.1 Å². The summed E-state index contributed by atoms with van der Waals surface area (Å²) in [5.74, 6) is 0.666. The van der Waals surface area contributed by atoms with Crippen LogP contribution >= 0.6 is 0 Å². The van der Waals surface area contributed by atoms with Gasteiger partial charge in [0.2, 0.25) is 0 Å². The van der Waals surface area contributed by atoms with E-state index < -0.39 is 5.60 Å². The number of nitrogens with zero attached hydrogens (tertiary/aromatic N) is 4. The Morgan fingerprint density at radius 3 is 2.81 bits per heavy atom. The molecule has 7 nitrogen and oxygen atoms in total. The molecule has 2 N–H and O–H groups in total. The first-order chi connectivity index (χ1) is 12.6. The van der Waals surface area contributed by atoms with Gasteiger partial charge in [-0.1, -0.05) is 37.3 Å². The fourth-order valence-electron chi connectivity index (χ4n) is 4.25. The number of carbonyl (C=O) groups excluding carboxylic acids is 1. The third-order valence-corrected chi connectivity index (χ3v) is 5.82. The molecule has 146 valence electrons. The zero-order valence-corrected chi connectivity index (χ0v) is 16.0. The van der Waals surface area contributed by atoms with Crippen molar-refractivity contribution in [1.82, 2.24) is 25.2 Å². The minimum absolute atomic E-state index is 0.0938. The average molecular weight is 364 g/mol. The molecule has 3 rings (SSSR count). The van der Waals surface area contributed by atoms with Crippen LogP contribution in [0.4, 0.5) is 0 Å². The lowest BCUT2D eigenvalue weighted by Crippen LogP contribution is -2.58. The van der Waals surface area contributed by atoms with Crippen molar-refractivity contribution in [2.24, 2.45) is 5.92 Å². The van der Waals surface area contributed by atoms with E-state index in [1.54, 1.807) is 4.68 Å². The van der Waals surface area contributed by atoms with Crippen LogP contribution in [0.15, 0.2) is 6.20 Å². The first kappa shape index (κ1) is 19.3. The normalized spacial score (nSPS) is 25.0. The standard InChI is InChI=1S/C19H33N5O2/c1-16-14-24(22-21-16)13-10-20-15-19(26)9-5-11-23(18(19)25)12-8-17-6-3-2-4-7-17/h14,17,20,26H,2-13,15H2,1H3/t19-/m0/s1. The van der Waals surface area contributed by atoms with Crippen molar-refractivity contribution >= 4 is 5.91 Å². The third-order valence-electron chi connectivity index (χ3n) is 5.82. The van der Waals surface area contributed by atoms with E-state index >= 15 is 0 Å². The first-order valence-corrected chi connectivity index (χ1v) is 10.2. The molecule has 1 atom stereocenters. The predicted octanol–water partition coefficient (Wildman–Crippen LogP) is 1.50. The highest BCUT2D eigenvalue weighted by Crippen LogP contribution is 2.28. The van der Waals surface area contributed by atoms with E-state index in [9.17, 15) is 9.90 Å². The van der Waals surface area contributed by atoms with Crippen molar-refractivity contribution in [3.05, 3.63) is 11.9 Å². The second-order valence-corrected chi connectivity index (χ2v) is 8.02. The third kappa shape index (κ3) is 5.04. The molecular formula is C19H33N5O2. The molecule has 2 aliphatic rings. The summed E-state index contributed by atoms with van der Waals surface area (Å²) in [6, 6.07) is 0. The van der Waals surface area contributed by atoms with Crippen LogP contribution in [0.2, 0.25) is 0 Å². The number of aromatic nitrogens is 3. The Morgan fingerprint density at radius 2 is 2.08 bits per heavy atom. The van der Waals surface area contributed by atoms with Gasteiger partial charge >= 0.3 is 0 Å². The second-order valence-electron chi connectivity index (χ2n) is 8.02. The maximum absolute atomic E-state index is 12.8. The maximum Gasteiger partial charge on any atom is 0.255 e. The summed E-state index contributed by atoms with van der Waals surface area (Å²) in [7, 11) is 0. The van der Waals surface area contributed by atoms with Gasteiger partial charge in [0.15, 0.2) is 5.60 Å². The molecule has 1 amide bonds. The fourth-order valence-corrected chi connectivity index (χ4v) is 4.25. The van der Waals surface area contributed by atoms with Gasteiger partial charge in [-0.05, 0) is 32.1 Å². The van der Waals surface area contributed by atoms with Crippen LogP contribution in [0.5, 0.6) is 0 Å². The van der Waals surface area contributed by atoms with Crippen LogP contribution in [-0.4, -0.2) is 62.7 Å². The number of amides is 1. The minimum atomic E-state index is -1.26. The molecule has 0 spiro atoms. The molecule has 2 fully saturated rings. The van der Waals surface area contributed by atoms with Crippen LogP contribution < -0.4 is 5.32 Å². The molecule has 1 aromatic rings. The second kappa shape index (κ2) is 8.95. The van der Waals surface area contributed by atoms with E-state index in [1.807, 2.05) is 18.0 Å². The largest absolute Gasteiger partial charge is 0.379 e. The predicted molar refractivity (Wildman–Crippen MR) is 99.6 cm³/mol. The van der Waals surface area contributed by atoms with Crippen molar-refractivity contribution in [3.63, 3.8) is 0 Å². The number of aryl methyl sites for hydroxylation is 1. The molecule has 1 aliphatic carbocycles. The van der Waals surface area contributed by atoms with E-state index in [1.165, 1.54) is 32.1 Å². The van der Waals surface area contributed by atoms with Crippen LogP contribution in [0, 0.1) is 12.8 Å². The summed E-state index contributed by atoms with van der Waals surface area (Å²) in [5, 5.41) is 22.0. The molecule has 7 heteroatoms. The first-order valence-electron chi connectivity index (χ1n) is 10.2. The molecule has 1 saturated heterocycles. The molecule has 0 aromatic carbocycles. The van der Waals surface area contributed by atoms with Crippen molar-refractivity contribution in [3.8, 4) is 0 Å². The summed E-state index contributed by atoms with van der Waals surface area (Å²) < 4.78 is 1.77. The number of piperidine rings is 1. The SMILES string of the molecule is Cc1cn(CCNC[C@@]2(O)CCCN(CCC3CCCCC3)C2=O)nn1. The van der Waals surface area contributed by atoms with Crippen LogP contribution in [0.1, 0.15) is 57.1 Å². The number of hydrogen-bond donors (Lipinski definition) is 2. The Hall–Kier alpha value is -1.47. The summed E-state index contributed by atoms with van der Waals surface area (Å²) in [6.07, 6.45) is 11.0. The van der Waals surface area contributed by atoms with Gasteiger partial charge in [0.05, 0.1) is 12.2 Å². The molecule has 1 saturated carbocycles. The van der Waals surface area contributed by atoms with E-state index in [0.717, 1.165) is 37.5 Å². The zero-order valence-electron chi connectivity index (χ0n) is 16.0. The molecule has 0 unspecified atom stereocenters. The van der Waals surface area contributed by atoms with E-state index in [4.69, 9.17) is 0 Å². The van der Waals surface area contributed by atoms with Crippen molar-refractivity contribution in [2.45, 2.75) is 70.4 Å². The highest BCUT2D eigenvalue weighted by Gasteiger charge is 2.41. The summed E-state index contributed by atoms with van der Waals surface area (Å²) in [6.45, 7) is 5.12. The number of nitrogens with one attached hydrogen (secondary N) is 1. The molecule has 1 aromatic heterocycles. The summed E-state index contributed by atoms with van der Waals surface area (Å²) in [5.41, 5.74) is -0.372. The molecule has 2 heterocycles. The Balaban J connectivity index is 1.42. The topological polar surface area (TPSA) is 83.3 Å². The van der Waals surface area contributed by atoms with Gasteiger partial charge in [-0.15, -0.1) is 5.10 Å². The summed E-state index contributed by atoms with van der Waals surface area (Å²) in [4.78, 5) is 14.7. The van der Waals surface area contributed by atoms with Crippen molar-refractivity contribution in [1.29, 1.82) is 0 Å². The van der Waals surface area contributed by atoms with Gasteiger partial charge in [-0.3, -0.25) is 9.48 Å². The molecular weight excluding hydrogens is 330 g/mol. The highest BCUT2D eigenvalue weighted by atomic mass is 16.3.